The van der Waals surface area contributed by atoms with E-state index in [2.05, 4.69) is 17.2 Å². The first-order valence-corrected chi connectivity index (χ1v) is 7.61. The van der Waals surface area contributed by atoms with Crippen LogP contribution in [0.2, 0.25) is 5.02 Å². The lowest BCUT2D eigenvalue weighted by molar-refractivity contribution is 0.110. The lowest BCUT2D eigenvalue weighted by Crippen LogP contribution is -2.30. The Bertz CT molecular complexity index is 372. The zero-order valence-electron chi connectivity index (χ0n) is 10.6. The van der Waals surface area contributed by atoms with E-state index in [0.29, 0.717) is 11.4 Å². The summed E-state index contributed by atoms with van der Waals surface area (Å²) in [5.74, 6) is 0. The molecule has 2 atom stereocenters. The van der Waals surface area contributed by atoms with Crippen molar-refractivity contribution in [3.63, 3.8) is 0 Å². The molecule has 0 saturated carbocycles. The highest BCUT2D eigenvalue weighted by Crippen LogP contribution is 2.27. The van der Waals surface area contributed by atoms with Crippen molar-refractivity contribution in [2.45, 2.75) is 36.1 Å². The molecule has 2 heterocycles. The normalized spacial score (nSPS) is 21.1. The van der Waals surface area contributed by atoms with Crippen molar-refractivity contribution in [1.82, 2.24) is 10.3 Å². The third kappa shape index (κ3) is 4.43. The predicted molar refractivity (Wildman–Crippen MR) is 76.4 cm³/mol. The first-order valence-electron chi connectivity index (χ1n) is 6.35. The van der Waals surface area contributed by atoms with Crippen LogP contribution in [-0.2, 0) is 4.74 Å². The molecular formula is C13H19ClN2OS. The van der Waals surface area contributed by atoms with Crippen molar-refractivity contribution in [2.75, 3.05) is 19.7 Å². The third-order valence-electron chi connectivity index (χ3n) is 2.87. The maximum Gasteiger partial charge on any atom is 0.115 e. The second kappa shape index (κ2) is 7.34. The number of pyridine rings is 1. The molecule has 0 aromatic carbocycles. The van der Waals surface area contributed by atoms with Gasteiger partial charge in [-0.1, -0.05) is 18.5 Å². The molecule has 0 amide bonds. The number of halogens is 1. The van der Waals surface area contributed by atoms with Crippen LogP contribution in [0, 0.1) is 0 Å². The number of ether oxygens (including phenoxy) is 1. The van der Waals surface area contributed by atoms with Crippen LogP contribution in [-0.4, -0.2) is 36.0 Å². The van der Waals surface area contributed by atoms with Gasteiger partial charge in [-0.3, -0.25) is 0 Å². The fourth-order valence-corrected chi connectivity index (χ4v) is 3.08. The highest BCUT2D eigenvalue weighted by Gasteiger charge is 2.15. The molecule has 1 aliphatic heterocycles. The van der Waals surface area contributed by atoms with E-state index >= 15 is 0 Å². The van der Waals surface area contributed by atoms with Crippen LogP contribution < -0.4 is 5.32 Å². The van der Waals surface area contributed by atoms with Gasteiger partial charge in [-0.2, -0.15) is 0 Å². The van der Waals surface area contributed by atoms with Crippen LogP contribution in [0.25, 0.3) is 0 Å². The van der Waals surface area contributed by atoms with E-state index in [1.54, 1.807) is 18.0 Å². The van der Waals surface area contributed by atoms with Crippen molar-refractivity contribution in [1.29, 1.82) is 0 Å². The standard InChI is InChI=1S/C13H19ClN2OS/c1-10(8-15-9-11-4-3-7-17-11)18-13-12(14)5-2-6-16-13/h2,5-6,10-11,15H,3-4,7-9H2,1H3. The van der Waals surface area contributed by atoms with Gasteiger partial charge in [0.15, 0.2) is 0 Å². The van der Waals surface area contributed by atoms with Gasteiger partial charge in [-0.05, 0) is 25.0 Å². The van der Waals surface area contributed by atoms with E-state index < -0.39 is 0 Å². The number of nitrogens with one attached hydrogen (secondary N) is 1. The maximum absolute atomic E-state index is 6.08. The predicted octanol–water partition coefficient (Wildman–Crippen LogP) is 2.98. The summed E-state index contributed by atoms with van der Waals surface area (Å²) in [6, 6.07) is 3.73. The average molecular weight is 287 g/mol. The Balaban J connectivity index is 1.68. The molecule has 1 fully saturated rings. The average Bonchev–Trinajstić information content (AvgIpc) is 2.85. The van der Waals surface area contributed by atoms with Crippen LogP contribution in [0.15, 0.2) is 23.4 Å². The minimum absolute atomic E-state index is 0.403. The molecule has 18 heavy (non-hydrogen) atoms. The summed E-state index contributed by atoms with van der Waals surface area (Å²) in [4.78, 5) is 4.28. The topological polar surface area (TPSA) is 34.1 Å². The molecule has 1 saturated heterocycles. The van der Waals surface area contributed by atoms with Gasteiger partial charge in [-0.25, -0.2) is 4.98 Å². The molecular weight excluding hydrogens is 268 g/mol. The Morgan fingerprint density at radius 2 is 2.56 bits per heavy atom. The van der Waals surface area contributed by atoms with Gasteiger partial charge in [0, 0.05) is 31.1 Å². The van der Waals surface area contributed by atoms with Gasteiger partial charge in [-0.15, -0.1) is 11.8 Å². The molecule has 2 rings (SSSR count). The number of hydrogen-bond donors (Lipinski definition) is 1. The summed E-state index contributed by atoms with van der Waals surface area (Å²) < 4.78 is 5.57. The Kier molecular flexibility index (Phi) is 5.76. The summed E-state index contributed by atoms with van der Waals surface area (Å²) in [5.41, 5.74) is 0. The van der Waals surface area contributed by atoms with E-state index in [0.717, 1.165) is 29.7 Å². The minimum Gasteiger partial charge on any atom is -0.377 e. The number of hydrogen-bond acceptors (Lipinski definition) is 4. The van der Waals surface area contributed by atoms with Crippen LogP contribution >= 0.6 is 23.4 Å². The monoisotopic (exact) mass is 286 g/mol. The summed E-state index contributed by atoms with van der Waals surface area (Å²) in [5, 5.41) is 5.53. The van der Waals surface area contributed by atoms with E-state index in [9.17, 15) is 0 Å². The smallest absolute Gasteiger partial charge is 0.115 e. The molecule has 1 N–H and O–H groups in total. The number of rotatable bonds is 6. The summed E-state index contributed by atoms with van der Waals surface area (Å²) in [6.45, 7) is 4.98. The van der Waals surface area contributed by atoms with Crippen molar-refractivity contribution < 1.29 is 4.74 Å². The van der Waals surface area contributed by atoms with Gasteiger partial charge in [0.05, 0.1) is 11.1 Å². The Morgan fingerprint density at radius 1 is 1.67 bits per heavy atom. The number of aromatic nitrogens is 1. The van der Waals surface area contributed by atoms with Crippen LogP contribution in [0.5, 0.6) is 0 Å². The zero-order chi connectivity index (χ0) is 12.8. The number of thioether (sulfide) groups is 1. The van der Waals surface area contributed by atoms with E-state index in [-0.39, 0.29) is 0 Å². The van der Waals surface area contributed by atoms with Crippen LogP contribution in [0.1, 0.15) is 19.8 Å². The molecule has 0 radical (unpaired) electrons. The summed E-state index contributed by atoms with van der Waals surface area (Å²) in [6.07, 6.45) is 4.56. The molecule has 0 bridgehead atoms. The van der Waals surface area contributed by atoms with Crippen molar-refractivity contribution in [3.8, 4) is 0 Å². The lowest BCUT2D eigenvalue weighted by atomic mass is 10.2. The molecule has 0 spiro atoms. The first kappa shape index (κ1) is 14.1. The van der Waals surface area contributed by atoms with Crippen LogP contribution in [0.3, 0.4) is 0 Å². The number of nitrogens with zero attached hydrogens (tertiary/aromatic N) is 1. The van der Waals surface area contributed by atoms with Crippen molar-refractivity contribution in [2.24, 2.45) is 0 Å². The van der Waals surface area contributed by atoms with Gasteiger partial charge in [0.2, 0.25) is 0 Å². The summed E-state index contributed by atoms with van der Waals surface area (Å²) in [7, 11) is 0. The fourth-order valence-electron chi connectivity index (χ4n) is 1.94. The second-order valence-electron chi connectivity index (χ2n) is 4.51. The Labute approximate surface area is 118 Å². The second-order valence-corrected chi connectivity index (χ2v) is 6.35. The van der Waals surface area contributed by atoms with E-state index in [1.165, 1.54) is 12.8 Å². The van der Waals surface area contributed by atoms with Gasteiger partial charge in [0.25, 0.3) is 0 Å². The van der Waals surface area contributed by atoms with Crippen molar-refractivity contribution in [3.05, 3.63) is 23.4 Å². The van der Waals surface area contributed by atoms with Gasteiger partial charge < -0.3 is 10.1 Å². The quantitative estimate of drug-likeness (QED) is 0.815. The Hall–Kier alpha value is -0.290. The van der Waals surface area contributed by atoms with Gasteiger partial charge >= 0.3 is 0 Å². The maximum atomic E-state index is 6.08. The minimum atomic E-state index is 0.403. The van der Waals surface area contributed by atoms with Crippen LogP contribution in [0.4, 0.5) is 0 Å². The lowest BCUT2D eigenvalue weighted by Gasteiger charge is -2.15. The highest BCUT2D eigenvalue weighted by molar-refractivity contribution is 8.00. The largest absolute Gasteiger partial charge is 0.377 e. The fraction of sp³-hybridized carbons (Fsp3) is 0.615. The molecule has 0 aliphatic carbocycles. The highest BCUT2D eigenvalue weighted by atomic mass is 35.5. The molecule has 100 valence electrons. The molecule has 5 heteroatoms. The van der Waals surface area contributed by atoms with E-state index in [4.69, 9.17) is 16.3 Å². The third-order valence-corrected chi connectivity index (χ3v) is 4.40. The Morgan fingerprint density at radius 3 is 3.28 bits per heavy atom. The molecule has 1 aliphatic rings. The SMILES string of the molecule is CC(CNCC1CCCO1)Sc1ncccc1Cl. The van der Waals surface area contributed by atoms with E-state index in [1.807, 2.05) is 12.1 Å². The van der Waals surface area contributed by atoms with Crippen molar-refractivity contribution >= 4 is 23.4 Å². The summed E-state index contributed by atoms with van der Waals surface area (Å²) >= 11 is 7.79. The zero-order valence-corrected chi connectivity index (χ0v) is 12.1. The molecule has 2 unspecified atom stereocenters. The molecule has 1 aromatic rings. The molecule has 1 aromatic heterocycles. The first-order chi connectivity index (χ1) is 8.75. The molecule has 3 nitrogen and oxygen atoms in total. The van der Waals surface area contributed by atoms with Gasteiger partial charge in [0.1, 0.15) is 5.03 Å².